The molecule has 0 saturated heterocycles. The van der Waals surface area contributed by atoms with Crippen LogP contribution in [0.1, 0.15) is 20.8 Å². The lowest BCUT2D eigenvalue weighted by Gasteiger charge is -2.20. The number of rotatable bonds is 3. The first kappa shape index (κ1) is 13.1. The van der Waals surface area contributed by atoms with Gasteiger partial charge in [-0.3, -0.25) is 4.72 Å². The molecule has 1 aromatic heterocycles. The molecule has 0 unspecified atom stereocenters. The Kier molecular flexibility index (Phi) is 3.72. The number of hydrogen-bond acceptors (Lipinski definition) is 4. The number of halogens is 1. The van der Waals surface area contributed by atoms with E-state index in [1.54, 1.807) is 20.8 Å². The molecule has 0 saturated carbocycles. The number of nitrogens with one attached hydrogen (secondary N) is 2. The number of hydrogen-bond donors (Lipinski definition) is 2. The normalized spacial score (nSPS) is 12.5. The van der Waals surface area contributed by atoms with E-state index in [0.717, 1.165) is 0 Å². The summed E-state index contributed by atoms with van der Waals surface area (Å²) < 4.78 is 27.8. The van der Waals surface area contributed by atoms with Crippen LogP contribution in [0.3, 0.4) is 0 Å². The quantitative estimate of drug-likeness (QED) is 0.859. The summed E-state index contributed by atoms with van der Waals surface area (Å²) in [7, 11) is -3.65. The van der Waals surface area contributed by atoms with Gasteiger partial charge in [0.05, 0.1) is 12.4 Å². The molecule has 0 bridgehead atoms. The SMILES string of the molecule is CC(C)(C)NS(=O)(=O)Nc1cnc(Cl)cn1. The summed E-state index contributed by atoms with van der Waals surface area (Å²) in [6.45, 7) is 5.21. The topological polar surface area (TPSA) is 84.0 Å². The van der Waals surface area contributed by atoms with E-state index in [1.165, 1.54) is 12.4 Å². The van der Waals surface area contributed by atoms with Gasteiger partial charge in [-0.15, -0.1) is 0 Å². The van der Waals surface area contributed by atoms with E-state index < -0.39 is 15.7 Å². The lowest BCUT2D eigenvalue weighted by molar-refractivity contribution is 0.494. The average molecular weight is 265 g/mol. The summed E-state index contributed by atoms with van der Waals surface area (Å²) in [5.74, 6) is 0.112. The highest BCUT2D eigenvalue weighted by Crippen LogP contribution is 2.08. The average Bonchev–Trinajstić information content (AvgIpc) is 2.04. The molecule has 1 aromatic rings. The minimum Gasteiger partial charge on any atom is -0.253 e. The molecule has 0 aliphatic heterocycles. The molecule has 8 heteroatoms. The lowest BCUT2D eigenvalue weighted by Crippen LogP contribution is -2.43. The second kappa shape index (κ2) is 4.52. The van der Waals surface area contributed by atoms with Crippen LogP contribution < -0.4 is 9.44 Å². The van der Waals surface area contributed by atoms with Crippen LogP contribution in [-0.2, 0) is 10.2 Å². The molecule has 0 spiro atoms. The largest absolute Gasteiger partial charge is 0.300 e. The number of nitrogens with zero attached hydrogens (tertiary/aromatic N) is 2. The van der Waals surface area contributed by atoms with Gasteiger partial charge >= 0.3 is 10.2 Å². The van der Waals surface area contributed by atoms with E-state index in [1.807, 2.05) is 0 Å². The lowest BCUT2D eigenvalue weighted by atomic mass is 10.1. The van der Waals surface area contributed by atoms with Crippen LogP contribution >= 0.6 is 11.6 Å². The highest BCUT2D eigenvalue weighted by molar-refractivity contribution is 7.90. The molecule has 90 valence electrons. The molecule has 0 atom stereocenters. The molecule has 0 fully saturated rings. The summed E-state index contributed by atoms with van der Waals surface area (Å²) in [5.41, 5.74) is -0.564. The summed E-state index contributed by atoms with van der Waals surface area (Å²) in [6, 6.07) is 0. The van der Waals surface area contributed by atoms with Crippen LogP contribution in [0.15, 0.2) is 12.4 Å². The number of anilines is 1. The van der Waals surface area contributed by atoms with Crippen molar-refractivity contribution in [1.82, 2.24) is 14.7 Å². The summed E-state index contributed by atoms with van der Waals surface area (Å²) in [6.07, 6.45) is 2.50. The van der Waals surface area contributed by atoms with Crippen molar-refractivity contribution >= 4 is 27.6 Å². The third-order valence-corrected chi connectivity index (χ3v) is 2.85. The van der Waals surface area contributed by atoms with Gasteiger partial charge in [0.2, 0.25) is 0 Å². The fourth-order valence-corrected chi connectivity index (χ4v) is 2.27. The molecule has 16 heavy (non-hydrogen) atoms. The maximum Gasteiger partial charge on any atom is 0.300 e. The van der Waals surface area contributed by atoms with Crippen LogP contribution in [0.5, 0.6) is 0 Å². The molecule has 1 heterocycles. The molecule has 0 amide bonds. The van der Waals surface area contributed by atoms with Crippen molar-refractivity contribution in [2.75, 3.05) is 4.72 Å². The molecule has 1 rings (SSSR count). The standard InChI is InChI=1S/C8H13ClN4O2S/c1-8(2,3)13-16(14,15)12-7-5-10-6(9)4-11-7/h4-5,13H,1-3H3,(H,11,12). The van der Waals surface area contributed by atoms with Crippen molar-refractivity contribution in [1.29, 1.82) is 0 Å². The second-order valence-corrected chi connectivity index (χ2v) is 5.98. The molecule has 2 N–H and O–H groups in total. The minimum absolute atomic E-state index is 0.112. The van der Waals surface area contributed by atoms with Gasteiger partial charge < -0.3 is 0 Å². The molecule has 0 aromatic carbocycles. The Morgan fingerprint density at radius 1 is 1.25 bits per heavy atom. The minimum atomic E-state index is -3.65. The van der Waals surface area contributed by atoms with Crippen LogP contribution in [0.2, 0.25) is 5.15 Å². The van der Waals surface area contributed by atoms with Crippen LogP contribution in [0.25, 0.3) is 0 Å². The monoisotopic (exact) mass is 264 g/mol. The zero-order valence-electron chi connectivity index (χ0n) is 9.15. The Labute approximate surface area is 99.6 Å². The second-order valence-electron chi connectivity index (χ2n) is 4.18. The van der Waals surface area contributed by atoms with E-state index in [4.69, 9.17) is 11.6 Å². The Bertz CT molecular complexity index is 452. The smallest absolute Gasteiger partial charge is 0.253 e. The highest BCUT2D eigenvalue weighted by atomic mass is 35.5. The fourth-order valence-electron chi connectivity index (χ4n) is 0.931. The predicted octanol–water partition coefficient (Wildman–Crippen LogP) is 1.17. The van der Waals surface area contributed by atoms with Gasteiger partial charge in [-0.2, -0.15) is 13.1 Å². The maximum atomic E-state index is 11.6. The van der Waals surface area contributed by atoms with Gasteiger partial charge in [0.15, 0.2) is 5.82 Å². The van der Waals surface area contributed by atoms with Gasteiger partial charge in [-0.05, 0) is 20.8 Å². The molecule has 6 nitrogen and oxygen atoms in total. The molecule has 0 radical (unpaired) electrons. The predicted molar refractivity (Wildman–Crippen MR) is 62.5 cm³/mol. The van der Waals surface area contributed by atoms with Gasteiger partial charge in [-0.1, -0.05) is 11.6 Å². The van der Waals surface area contributed by atoms with Crippen molar-refractivity contribution in [2.45, 2.75) is 26.3 Å². The van der Waals surface area contributed by atoms with Gasteiger partial charge in [0, 0.05) is 5.54 Å². The Hall–Kier alpha value is -0.920. The fraction of sp³-hybridized carbons (Fsp3) is 0.500. The summed E-state index contributed by atoms with van der Waals surface area (Å²) in [5, 5.41) is 0.201. The Balaban J connectivity index is 2.77. The van der Waals surface area contributed by atoms with Crippen molar-refractivity contribution < 1.29 is 8.42 Å². The highest BCUT2D eigenvalue weighted by Gasteiger charge is 2.19. The van der Waals surface area contributed by atoms with Crippen LogP contribution in [-0.4, -0.2) is 23.9 Å². The van der Waals surface area contributed by atoms with Crippen molar-refractivity contribution in [3.63, 3.8) is 0 Å². The molecule has 0 aliphatic rings. The van der Waals surface area contributed by atoms with Crippen molar-refractivity contribution in [2.24, 2.45) is 0 Å². The van der Waals surface area contributed by atoms with E-state index in [9.17, 15) is 8.42 Å². The van der Waals surface area contributed by atoms with Crippen LogP contribution in [0, 0.1) is 0 Å². The Morgan fingerprint density at radius 3 is 2.31 bits per heavy atom. The molecular formula is C8H13ClN4O2S. The van der Waals surface area contributed by atoms with Gasteiger partial charge in [-0.25, -0.2) is 9.97 Å². The first-order valence-corrected chi connectivity index (χ1v) is 6.33. The van der Waals surface area contributed by atoms with Crippen LogP contribution in [0.4, 0.5) is 5.82 Å². The van der Waals surface area contributed by atoms with E-state index in [-0.39, 0.29) is 11.0 Å². The third-order valence-electron chi connectivity index (χ3n) is 1.30. The molecular weight excluding hydrogens is 252 g/mol. The van der Waals surface area contributed by atoms with Crippen molar-refractivity contribution in [3.8, 4) is 0 Å². The zero-order valence-corrected chi connectivity index (χ0v) is 10.7. The third kappa shape index (κ3) is 4.73. The van der Waals surface area contributed by atoms with Crippen molar-refractivity contribution in [3.05, 3.63) is 17.5 Å². The Morgan fingerprint density at radius 2 is 1.88 bits per heavy atom. The number of aromatic nitrogens is 2. The zero-order chi connectivity index (χ0) is 12.4. The van der Waals surface area contributed by atoms with Gasteiger partial charge in [0.1, 0.15) is 5.15 Å². The molecule has 0 aliphatic carbocycles. The van der Waals surface area contributed by atoms with E-state index in [2.05, 4.69) is 19.4 Å². The van der Waals surface area contributed by atoms with E-state index >= 15 is 0 Å². The first-order valence-electron chi connectivity index (χ1n) is 4.47. The summed E-state index contributed by atoms with van der Waals surface area (Å²) >= 11 is 5.52. The summed E-state index contributed by atoms with van der Waals surface area (Å²) in [4.78, 5) is 7.48. The first-order chi connectivity index (χ1) is 7.18. The van der Waals surface area contributed by atoms with E-state index in [0.29, 0.717) is 0 Å². The van der Waals surface area contributed by atoms with Gasteiger partial charge in [0.25, 0.3) is 0 Å². The maximum absolute atomic E-state index is 11.6.